The van der Waals surface area contributed by atoms with E-state index in [1.54, 1.807) is 29.7 Å². The number of benzene rings is 2. The fraction of sp³-hybridized carbons (Fsp3) is 0.148. The highest BCUT2D eigenvalue weighted by atomic mass is 35.5. The van der Waals surface area contributed by atoms with Crippen LogP contribution >= 0.6 is 46.9 Å². The number of thiocarbonyl (C=S) groups is 1. The molecule has 6 nitrogen and oxygen atoms in total. The largest absolute Gasteiger partial charge is 0.490 e. The quantitative estimate of drug-likeness (QED) is 0.167. The number of rotatable bonds is 10. The van der Waals surface area contributed by atoms with Crippen LogP contribution in [0.1, 0.15) is 33.3 Å². The van der Waals surface area contributed by atoms with Gasteiger partial charge in [0.25, 0.3) is 11.8 Å². The Hall–Kier alpha value is -3.11. The highest BCUT2D eigenvalue weighted by Gasteiger charge is 2.34. The van der Waals surface area contributed by atoms with Crippen LogP contribution in [0.2, 0.25) is 5.02 Å². The third-order valence-corrected chi connectivity index (χ3v) is 7.59. The molecule has 0 spiro atoms. The molecule has 0 unspecified atom stereocenters. The molecule has 2 aromatic carbocycles. The van der Waals surface area contributed by atoms with Gasteiger partial charge in [0.15, 0.2) is 15.8 Å². The molecule has 190 valence electrons. The van der Waals surface area contributed by atoms with E-state index in [1.165, 1.54) is 11.3 Å². The topological polar surface area (TPSA) is 67.9 Å². The minimum absolute atomic E-state index is 0.250. The van der Waals surface area contributed by atoms with Gasteiger partial charge < -0.3 is 9.47 Å². The normalized spacial score (nSPS) is 14.2. The molecule has 37 heavy (non-hydrogen) atoms. The molecule has 3 aromatic rings. The monoisotopic (exact) mass is 570 g/mol. The average Bonchev–Trinajstić information content (AvgIpc) is 3.50. The Kier molecular flexibility index (Phi) is 9.04. The number of nitrogens with zero attached hydrogens (tertiary/aromatic N) is 1. The Morgan fingerprint density at radius 1 is 1.22 bits per heavy atom. The van der Waals surface area contributed by atoms with Crippen LogP contribution < -0.4 is 14.9 Å². The predicted molar refractivity (Wildman–Crippen MR) is 154 cm³/mol. The summed E-state index contributed by atoms with van der Waals surface area (Å²) in [6.07, 6.45) is 4.05. The maximum atomic E-state index is 13.1. The van der Waals surface area contributed by atoms with Gasteiger partial charge in [0.2, 0.25) is 0 Å². The second-order valence-electron chi connectivity index (χ2n) is 7.78. The first-order valence-electron chi connectivity index (χ1n) is 11.3. The number of halogens is 1. The number of hydrogen-bond acceptors (Lipinski definition) is 7. The van der Waals surface area contributed by atoms with Crippen LogP contribution in [-0.2, 0) is 17.8 Å². The van der Waals surface area contributed by atoms with Crippen molar-refractivity contribution in [3.05, 3.63) is 98.1 Å². The highest BCUT2D eigenvalue weighted by molar-refractivity contribution is 8.26. The molecule has 10 heteroatoms. The van der Waals surface area contributed by atoms with Gasteiger partial charge in [-0.25, -0.2) is 0 Å². The van der Waals surface area contributed by atoms with E-state index < -0.39 is 5.91 Å². The number of hydrazine groups is 1. The van der Waals surface area contributed by atoms with Gasteiger partial charge in [-0.05, 0) is 78.5 Å². The summed E-state index contributed by atoms with van der Waals surface area (Å²) in [4.78, 5) is 26.4. The van der Waals surface area contributed by atoms with Crippen LogP contribution in [0.4, 0.5) is 0 Å². The van der Waals surface area contributed by atoms with Crippen molar-refractivity contribution in [2.24, 2.45) is 0 Å². The Morgan fingerprint density at radius 3 is 2.68 bits per heavy atom. The molecule has 0 bridgehead atoms. The van der Waals surface area contributed by atoms with Crippen molar-refractivity contribution >= 4 is 69.1 Å². The van der Waals surface area contributed by atoms with Crippen molar-refractivity contribution in [2.75, 3.05) is 6.61 Å². The van der Waals surface area contributed by atoms with Crippen molar-refractivity contribution in [1.29, 1.82) is 0 Å². The molecular weight excluding hydrogens is 548 g/mol. The van der Waals surface area contributed by atoms with Gasteiger partial charge in [-0.1, -0.05) is 47.6 Å². The number of carbonyl (C=O) groups excluding carboxylic acids is 2. The summed E-state index contributed by atoms with van der Waals surface area (Å²) in [5, 5.41) is 3.55. The van der Waals surface area contributed by atoms with Gasteiger partial charge in [0.05, 0.1) is 16.4 Å². The maximum absolute atomic E-state index is 13.1. The fourth-order valence-electron chi connectivity index (χ4n) is 3.52. The zero-order valence-corrected chi connectivity index (χ0v) is 23.1. The summed E-state index contributed by atoms with van der Waals surface area (Å²) < 4.78 is 12.3. The van der Waals surface area contributed by atoms with Crippen molar-refractivity contribution in [1.82, 2.24) is 10.4 Å². The van der Waals surface area contributed by atoms with Gasteiger partial charge in [-0.3, -0.25) is 15.0 Å². The molecule has 2 heterocycles. The van der Waals surface area contributed by atoms with Gasteiger partial charge in [0, 0.05) is 10.6 Å². The lowest BCUT2D eigenvalue weighted by Crippen LogP contribution is -2.44. The third kappa shape index (κ3) is 6.61. The number of allylic oxidation sites excluding steroid dienone is 1. The molecule has 0 saturated carbocycles. The van der Waals surface area contributed by atoms with Crippen LogP contribution in [0.3, 0.4) is 0 Å². The van der Waals surface area contributed by atoms with Crippen molar-refractivity contribution in [2.45, 2.75) is 20.0 Å². The Bertz CT molecular complexity index is 1350. The maximum Gasteiger partial charge on any atom is 0.285 e. The minimum Gasteiger partial charge on any atom is -0.490 e. The first-order valence-corrected chi connectivity index (χ1v) is 13.8. The zero-order valence-electron chi connectivity index (χ0n) is 19.9. The molecule has 4 rings (SSSR count). The minimum atomic E-state index is -0.397. The molecule has 1 saturated heterocycles. The van der Waals surface area contributed by atoms with E-state index in [9.17, 15) is 9.59 Å². The number of carbonyl (C=O) groups is 2. The van der Waals surface area contributed by atoms with Crippen LogP contribution in [0.5, 0.6) is 11.5 Å². The number of hydrogen-bond donors (Lipinski definition) is 1. The Balaban J connectivity index is 1.59. The summed E-state index contributed by atoms with van der Waals surface area (Å²) >= 11 is 13.7. The van der Waals surface area contributed by atoms with Crippen molar-refractivity contribution in [3.63, 3.8) is 0 Å². The first kappa shape index (κ1) is 26.9. The van der Waals surface area contributed by atoms with Crippen LogP contribution in [0.25, 0.3) is 6.08 Å². The molecule has 0 aliphatic carbocycles. The predicted octanol–water partition coefficient (Wildman–Crippen LogP) is 6.65. The molecule has 1 fully saturated rings. The Labute approximate surface area is 233 Å². The molecule has 0 atom stereocenters. The second kappa shape index (κ2) is 12.4. The summed E-state index contributed by atoms with van der Waals surface area (Å²) in [6.45, 7) is 6.53. The van der Waals surface area contributed by atoms with Crippen LogP contribution in [0.15, 0.2) is 71.5 Å². The van der Waals surface area contributed by atoms with E-state index in [-0.39, 0.29) is 10.2 Å². The number of thioether (sulfide) groups is 1. The molecule has 1 aliphatic heterocycles. The molecule has 0 radical (unpaired) electrons. The van der Waals surface area contributed by atoms with Gasteiger partial charge in [-0.2, -0.15) is 5.01 Å². The zero-order chi connectivity index (χ0) is 26.4. The molecule has 1 aromatic heterocycles. The van der Waals surface area contributed by atoms with Gasteiger partial charge in [0.1, 0.15) is 6.61 Å². The van der Waals surface area contributed by atoms with E-state index in [0.29, 0.717) is 45.9 Å². The number of nitrogens with one attached hydrogen (secondary N) is 1. The lowest BCUT2D eigenvalue weighted by atomic mass is 10.0. The fourth-order valence-corrected chi connectivity index (χ4v) is 5.44. The van der Waals surface area contributed by atoms with Crippen LogP contribution in [-0.4, -0.2) is 27.8 Å². The Morgan fingerprint density at radius 2 is 2.00 bits per heavy atom. The summed E-state index contributed by atoms with van der Waals surface area (Å²) in [5.74, 6) is 0.390. The highest BCUT2D eigenvalue weighted by Crippen LogP contribution is 2.37. The summed E-state index contributed by atoms with van der Waals surface area (Å²) in [5.41, 5.74) is 5.16. The van der Waals surface area contributed by atoms with E-state index >= 15 is 0 Å². The summed E-state index contributed by atoms with van der Waals surface area (Å²) in [7, 11) is 0. The average molecular weight is 571 g/mol. The lowest BCUT2D eigenvalue weighted by Gasteiger charge is -2.17. The van der Waals surface area contributed by atoms with E-state index in [0.717, 1.165) is 33.5 Å². The second-order valence-corrected chi connectivity index (χ2v) is 10.8. The molecule has 1 N–H and O–H groups in total. The number of amides is 2. The smallest absolute Gasteiger partial charge is 0.285 e. The molecule has 2 amide bonds. The van der Waals surface area contributed by atoms with Crippen LogP contribution in [0, 0.1) is 0 Å². The van der Waals surface area contributed by atoms with E-state index in [4.69, 9.17) is 33.3 Å². The molecular formula is C27H23ClN2O4S3. The van der Waals surface area contributed by atoms with E-state index in [2.05, 4.69) is 12.0 Å². The van der Waals surface area contributed by atoms with E-state index in [1.807, 2.05) is 43.3 Å². The van der Waals surface area contributed by atoms with Gasteiger partial charge in [-0.15, -0.1) is 17.9 Å². The number of thiophene rings is 1. The standard InChI is InChI=1S/C27H23ClN2O4S3/c1-3-6-19-13-18(14-21(33-4-2)24(19)34-16-17-8-10-20(28)11-9-17)15-23-26(32)30(27(35)37-23)29-25(31)22-7-5-12-36-22/h3,5,7-15H,1,4,6,16H2,2H3,(H,29,31)/b23-15-. The van der Waals surface area contributed by atoms with Gasteiger partial charge >= 0.3 is 0 Å². The first-order chi connectivity index (χ1) is 17.9. The van der Waals surface area contributed by atoms with Crippen molar-refractivity contribution in [3.8, 4) is 11.5 Å². The van der Waals surface area contributed by atoms with Crippen molar-refractivity contribution < 1.29 is 19.1 Å². The summed E-state index contributed by atoms with van der Waals surface area (Å²) in [6, 6.07) is 14.6. The number of ether oxygens (including phenoxy) is 2. The SMILES string of the molecule is C=CCc1cc(/C=C2\SC(=S)N(NC(=O)c3cccs3)C2=O)cc(OCC)c1OCc1ccc(Cl)cc1. The molecule has 1 aliphatic rings. The third-order valence-electron chi connectivity index (χ3n) is 5.16. The lowest BCUT2D eigenvalue weighted by molar-refractivity contribution is -0.123.